The number of ether oxygens (including phenoxy) is 1. The molecule has 15 heavy (non-hydrogen) atoms. The van der Waals surface area contributed by atoms with Crippen LogP contribution in [0.5, 0.6) is 0 Å². The Bertz CT molecular complexity index is 483. The molecular weight excluding hydrogens is 188 g/mol. The van der Waals surface area contributed by atoms with Gasteiger partial charge in [0.2, 0.25) is 0 Å². The zero-order valence-corrected chi connectivity index (χ0v) is 8.81. The molecule has 0 N–H and O–H groups in total. The van der Waals surface area contributed by atoms with Crippen molar-refractivity contribution in [2.75, 3.05) is 6.61 Å². The third-order valence-electron chi connectivity index (χ3n) is 3.04. The summed E-state index contributed by atoms with van der Waals surface area (Å²) < 4.78 is 7.81. The SMILES string of the molecule is Cn1c([C@@H]2CCCO2)nc2ccccc21. The lowest BCUT2D eigenvalue weighted by Gasteiger charge is -2.08. The van der Waals surface area contributed by atoms with Crippen molar-refractivity contribution in [2.24, 2.45) is 7.05 Å². The Labute approximate surface area is 88.7 Å². The number of aromatic nitrogens is 2. The number of hydrogen-bond donors (Lipinski definition) is 0. The Balaban J connectivity index is 2.14. The van der Waals surface area contributed by atoms with Crippen LogP contribution in [0.3, 0.4) is 0 Å². The van der Waals surface area contributed by atoms with Gasteiger partial charge >= 0.3 is 0 Å². The second-order valence-electron chi connectivity index (χ2n) is 4.02. The smallest absolute Gasteiger partial charge is 0.138 e. The maximum Gasteiger partial charge on any atom is 0.138 e. The average molecular weight is 202 g/mol. The predicted octanol–water partition coefficient (Wildman–Crippen LogP) is 2.42. The molecular formula is C12H14N2O. The van der Waals surface area contributed by atoms with Crippen LogP contribution in [-0.2, 0) is 11.8 Å². The van der Waals surface area contributed by atoms with Crippen LogP contribution in [-0.4, -0.2) is 16.2 Å². The molecule has 1 saturated heterocycles. The van der Waals surface area contributed by atoms with Crippen LogP contribution in [0.1, 0.15) is 24.8 Å². The van der Waals surface area contributed by atoms with E-state index in [2.05, 4.69) is 22.7 Å². The van der Waals surface area contributed by atoms with Crippen molar-refractivity contribution in [1.82, 2.24) is 9.55 Å². The van der Waals surface area contributed by atoms with Crippen molar-refractivity contribution in [3.63, 3.8) is 0 Å². The molecule has 1 aliphatic heterocycles. The van der Waals surface area contributed by atoms with Crippen molar-refractivity contribution in [1.29, 1.82) is 0 Å². The molecule has 78 valence electrons. The van der Waals surface area contributed by atoms with Gasteiger partial charge in [-0.05, 0) is 25.0 Å². The van der Waals surface area contributed by atoms with Crippen LogP contribution < -0.4 is 0 Å². The molecule has 3 rings (SSSR count). The molecule has 0 unspecified atom stereocenters. The number of nitrogens with zero attached hydrogens (tertiary/aromatic N) is 2. The minimum Gasteiger partial charge on any atom is -0.370 e. The number of para-hydroxylation sites is 2. The summed E-state index contributed by atoms with van der Waals surface area (Å²) in [5.74, 6) is 1.06. The molecule has 3 heteroatoms. The second-order valence-corrected chi connectivity index (χ2v) is 4.02. The first-order chi connectivity index (χ1) is 7.36. The third-order valence-corrected chi connectivity index (χ3v) is 3.04. The second kappa shape index (κ2) is 3.35. The molecule has 1 aromatic heterocycles. The molecule has 0 saturated carbocycles. The molecule has 2 aromatic rings. The van der Waals surface area contributed by atoms with E-state index in [1.54, 1.807) is 0 Å². The Hall–Kier alpha value is -1.35. The predicted molar refractivity (Wildman–Crippen MR) is 58.6 cm³/mol. The highest BCUT2D eigenvalue weighted by molar-refractivity contribution is 5.75. The summed E-state index contributed by atoms with van der Waals surface area (Å²) in [4.78, 5) is 4.63. The van der Waals surface area contributed by atoms with Crippen molar-refractivity contribution >= 4 is 11.0 Å². The number of imidazole rings is 1. The molecule has 0 radical (unpaired) electrons. The lowest BCUT2D eigenvalue weighted by molar-refractivity contribution is 0.103. The summed E-state index contributed by atoms with van der Waals surface area (Å²) >= 11 is 0. The largest absolute Gasteiger partial charge is 0.370 e. The summed E-state index contributed by atoms with van der Waals surface area (Å²) in [5.41, 5.74) is 2.24. The summed E-state index contributed by atoms with van der Waals surface area (Å²) in [6.45, 7) is 0.869. The van der Waals surface area contributed by atoms with Gasteiger partial charge in [-0.1, -0.05) is 12.1 Å². The van der Waals surface area contributed by atoms with E-state index < -0.39 is 0 Å². The van der Waals surface area contributed by atoms with Gasteiger partial charge in [0.05, 0.1) is 11.0 Å². The molecule has 1 fully saturated rings. The Morgan fingerprint density at radius 2 is 2.27 bits per heavy atom. The van der Waals surface area contributed by atoms with Crippen LogP contribution in [0.25, 0.3) is 11.0 Å². The van der Waals surface area contributed by atoms with Gasteiger partial charge in [-0.25, -0.2) is 4.98 Å². The molecule has 1 aromatic carbocycles. The number of rotatable bonds is 1. The fourth-order valence-electron chi connectivity index (χ4n) is 2.23. The van der Waals surface area contributed by atoms with E-state index >= 15 is 0 Å². The van der Waals surface area contributed by atoms with Crippen molar-refractivity contribution in [2.45, 2.75) is 18.9 Å². The third kappa shape index (κ3) is 1.35. The molecule has 0 aliphatic carbocycles. The molecule has 3 nitrogen and oxygen atoms in total. The maximum absolute atomic E-state index is 5.67. The number of benzene rings is 1. The summed E-state index contributed by atoms with van der Waals surface area (Å²) in [6, 6.07) is 8.21. The van der Waals surface area contributed by atoms with E-state index in [1.807, 2.05) is 18.2 Å². The van der Waals surface area contributed by atoms with Crippen LogP contribution >= 0.6 is 0 Å². The van der Waals surface area contributed by atoms with Gasteiger partial charge in [0.15, 0.2) is 0 Å². The summed E-state index contributed by atoms with van der Waals surface area (Å²) in [7, 11) is 2.06. The number of hydrogen-bond acceptors (Lipinski definition) is 2. The van der Waals surface area contributed by atoms with Gasteiger partial charge in [-0.3, -0.25) is 0 Å². The highest BCUT2D eigenvalue weighted by Gasteiger charge is 2.22. The Morgan fingerprint density at radius 1 is 1.40 bits per heavy atom. The zero-order chi connectivity index (χ0) is 10.3. The molecule has 1 aliphatic rings. The van der Waals surface area contributed by atoms with Gasteiger partial charge in [0, 0.05) is 13.7 Å². The Kier molecular flexibility index (Phi) is 1.99. The average Bonchev–Trinajstić information content (AvgIpc) is 2.87. The summed E-state index contributed by atoms with van der Waals surface area (Å²) in [5, 5.41) is 0. The summed E-state index contributed by atoms with van der Waals surface area (Å²) in [6.07, 6.45) is 2.44. The van der Waals surface area contributed by atoms with Crippen LogP contribution in [0.15, 0.2) is 24.3 Å². The quantitative estimate of drug-likeness (QED) is 0.710. The number of fused-ring (bicyclic) bond motifs is 1. The molecule has 1 atom stereocenters. The standard InChI is InChI=1S/C12H14N2O/c1-14-10-6-3-2-5-9(10)13-12(14)11-7-4-8-15-11/h2-3,5-6,11H,4,7-8H2,1H3/t11-/m0/s1. The highest BCUT2D eigenvalue weighted by atomic mass is 16.5. The minimum atomic E-state index is 0.197. The first-order valence-electron chi connectivity index (χ1n) is 5.39. The van der Waals surface area contributed by atoms with Gasteiger partial charge in [-0.15, -0.1) is 0 Å². The lowest BCUT2D eigenvalue weighted by atomic mass is 10.2. The highest BCUT2D eigenvalue weighted by Crippen LogP contribution is 2.29. The van der Waals surface area contributed by atoms with E-state index in [-0.39, 0.29) is 6.10 Å². The van der Waals surface area contributed by atoms with E-state index in [0.29, 0.717) is 0 Å². The minimum absolute atomic E-state index is 0.197. The lowest BCUT2D eigenvalue weighted by Crippen LogP contribution is -2.04. The van der Waals surface area contributed by atoms with Crippen molar-refractivity contribution < 1.29 is 4.74 Å². The number of aryl methyl sites for hydroxylation is 1. The van der Waals surface area contributed by atoms with Crippen LogP contribution in [0, 0.1) is 0 Å². The Morgan fingerprint density at radius 3 is 3.00 bits per heavy atom. The topological polar surface area (TPSA) is 27.1 Å². The van der Waals surface area contributed by atoms with Crippen molar-refractivity contribution in [3.05, 3.63) is 30.1 Å². The first-order valence-corrected chi connectivity index (χ1v) is 5.39. The fourth-order valence-corrected chi connectivity index (χ4v) is 2.23. The normalized spacial score (nSPS) is 21.3. The molecule has 0 bridgehead atoms. The van der Waals surface area contributed by atoms with E-state index in [0.717, 1.165) is 30.8 Å². The van der Waals surface area contributed by atoms with Gasteiger partial charge in [-0.2, -0.15) is 0 Å². The first kappa shape index (κ1) is 8.92. The van der Waals surface area contributed by atoms with E-state index in [1.165, 1.54) is 5.52 Å². The monoisotopic (exact) mass is 202 g/mol. The van der Waals surface area contributed by atoms with Crippen LogP contribution in [0.2, 0.25) is 0 Å². The molecule has 0 amide bonds. The van der Waals surface area contributed by atoms with Gasteiger partial charge < -0.3 is 9.30 Å². The van der Waals surface area contributed by atoms with Crippen LogP contribution in [0.4, 0.5) is 0 Å². The molecule has 0 spiro atoms. The fraction of sp³-hybridized carbons (Fsp3) is 0.417. The zero-order valence-electron chi connectivity index (χ0n) is 8.81. The maximum atomic E-state index is 5.67. The van der Waals surface area contributed by atoms with E-state index in [4.69, 9.17) is 4.74 Å². The van der Waals surface area contributed by atoms with Gasteiger partial charge in [0.25, 0.3) is 0 Å². The van der Waals surface area contributed by atoms with Crippen molar-refractivity contribution in [3.8, 4) is 0 Å². The molecule has 2 heterocycles. The van der Waals surface area contributed by atoms with E-state index in [9.17, 15) is 0 Å². The van der Waals surface area contributed by atoms with Gasteiger partial charge in [0.1, 0.15) is 11.9 Å².